The van der Waals surface area contributed by atoms with Crippen molar-refractivity contribution in [1.29, 1.82) is 0 Å². The highest BCUT2D eigenvalue weighted by Crippen LogP contribution is 2.27. The second kappa shape index (κ2) is 4.32. The molecule has 0 unspecified atom stereocenters. The summed E-state index contributed by atoms with van der Waals surface area (Å²) in [6.45, 7) is 7.11. The number of rotatable bonds is 2. The van der Waals surface area contributed by atoms with Crippen LogP contribution in [0.4, 0.5) is 5.69 Å². The number of aromatic nitrogens is 2. The molecule has 0 bridgehead atoms. The summed E-state index contributed by atoms with van der Waals surface area (Å²) in [5.74, 6) is 0. The number of nitrogens with one attached hydrogen (secondary N) is 1. The van der Waals surface area contributed by atoms with Crippen LogP contribution < -0.4 is 5.32 Å². The Kier molecular flexibility index (Phi) is 3.56. The highest BCUT2D eigenvalue weighted by molar-refractivity contribution is 6.37. The minimum absolute atomic E-state index is 0.155. The van der Waals surface area contributed by atoms with Crippen LogP contribution in [0.25, 0.3) is 0 Å². The van der Waals surface area contributed by atoms with Crippen molar-refractivity contribution in [2.75, 3.05) is 11.9 Å². The SMILES string of the molecule is CC(C)(C)CNc1c(Cl)ncnc1Cl. The molecular weight excluding hydrogens is 221 g/mol. The molecular formula is C9H13Cl2N3. The number of hydrogen-bond acceptors (Lipinski definition) is 3. The molecule has 1 rings (SSSR count). The zero-order chi connectivity index (χ0) is 10.8. The zero-order valence-electron chi connectivity index (χ0n) is 8.43. The highest BCUT2D eigenvalue weighted by Gasteiger charge is 2.13. The molecule has 0 saturated heterocycles. The molecule has 78 valence electrons. The Hall–Kier alpha value is -0.540. The van der Waals surface area contributed by atoms with Crippen LogP contribution in [0.3, 0.4) is 0 Å². The fraction of sp³-hybridized carbons (Fsp3) is 0.556. The molecule has 0 fully saturated rings. The van der Waals surface area contributed by atoms with Crippen LogP contribution in [-0.2, 0) is 0 Å². The first-order valence-corrected chi connectivity index (χ1v) is 5.05. The first-order valence-electron chi connectivity index (χ1n) is 4.30. The van der Waals surface area contributed by atoms with Crippen LogP contribution in [0.2, 0.25) is 10.3 Å². The predicted molar refractivity (Wildman–Crippen MR) is 60.0 cm³/mol. The van der Waals surface area contributed by atoms with Gasteiger partial charge in [-0.3, -0.25) is 0 Å². The monoisotopic (exact) mass is 233 g/mol. The second-order valence-corrected chi connectivity index (χ2v) is 4.96. The third-order valence-corrected chi connectivity index (χ3v) is 2.12. The van der Waals surface area contributed by atoms with Crippen molar-refractivity contribution in [3.8, 4) is 0 Å². The van der Waals surface area contributed by atoms with Gasteiger partial charge in [-0.05, 0) is 5.41 Å². The molecule has 1 N–H and O–H groups in total. The van der Waals surface area contributed by atoms with E-state index in [9.17, 15) is 0 Å². The largest absolute Gasteiger partial charge is 0.380 e. The Morgan fingerprint density at radius 1 is 1.21 bits per heavy atom. The molecule has 0 aliphatic rings. The quantitative estimate of drug-likeness (QED) is 0.798. The summed E-state index contributed by atoms with van der Waals surface area (Å²) < 4.78 is 0. The molecule has 0 aromatic carbocycles. The Balaban J connectivity index is 2.77. The van der Waals surface area contributed by atoms with Gasteiger partial charge in [0.15, 0.2) is 10.3 Å². The van der Waals surface area contributed by atoms with Gasteiger partial charge >= 0.3 is 0 Å². The molecule has 0 atom stereocenters. The number of anilines is 1. The van der Waals surface area contributed by atoms with Crippen LogP contribution in [0.15, 0.2) is 6.33 Å². The predicted octanol–water partition coefficient (Wildman–Crippen LogP) is 3.24. The van der Waals surface area contributed by atoms with Crippen molar-refractivity contribution in [3.05, 3.63) is 16.6 Å². The molecule has 1 heterocycles. The molecule has 0 aliphatic heterocycles. The Morgan fingerprint density at radius 3 is 2.14 bits per heavy atom. The van der Waals surface area contributed by atoms with Gasteiger partial charge in [-0.2, -0.15) is 0 Å². The standard InChI is InChI=1S/C9H13Cl2N3/c1-9(2,3)4-12-6-7(10)13-5-14-8(6)11/h5,12H,4H2,1-3H3. The minimum atomic E-state index is 0.155. The molecule has 5 heteroatoms. The van der Waals surface area contributed by atoms with Gasteiger partial charge in [-0.25, -0.2) is 9.97 Å². The lowest BCUT2D eigenvalue weighted by molar-refractivity contribution is 0.443. The van der Waals surface area contributed by atoms with Gasteiger partial charge in [0.05, 0.1) is 0 Å². The average Bonchev–Trinajstić information content (AvgIpc) is 2.01. The van der Waals surface area contributed by atoms with Crippen molar-refractivity contribution in [2.45, 2.75) is 20.8 Å². The van der Waals surface area contributed by atoms with Gasteiger partial charge < -0.3 is 5.32 Å². The number of hydrogen-bond donors (Lipinski definition) is 1. The van der Waals surface area contributed by atoms with Crippen LogP contribution in [0.1, 0.15) is 20.8 Å². The Morgan fingerprint density at radius 2 is 1.71 bits per heavy atom. The zero-order valence-corrected chi connectivity index (χ0v) is 9.95. The van der Waals surface area contributed by atoms with Crippen LogP contribution >= 0.6 is 23.2 Å². The molecule has 14 heavy (non-hydrogen) atoms. The van der Waals surface area contributed by atoms with Crippen molar-refractivity contribution < 1.29 is 0 Å². The van der Waals surface area contributed by atoms with E-state index in [-0.39, 0.29) is 5.41 Å². The van der Waals surface area contributed by atoms with Gasteiger partial charge in [0.25, 0.3) is 0 Å². The van der Waals surface area contributed by atoms with Crippen molar-refractivity contribution in [1.82, 2.24) is 9.97 Å². The van der Waals surface area contributed by atoms with Gasteiger partial charge in [0.2, 0.25) is 0 Å². The average molecular weight is 234 g/mol. The van der Waals surface area contributed by atoms with E-state index in [1.165, 1.54) is 6.33 Å². The molecule has 0 aliphatic carbocycles. The van der Waals surface area contributed by atoms with Crippen molar-refractivity contribution in [2.24, 2.45) is 5.41 Å². The lowest BCUT2D eigenvalue weighted by Gasteiger charge is -2.20. The van der Waals surface area contributed by atoms with Crippen molar-refractivity contribution in [3.63, 3.8) is 0 Å². The highest BCUT2D eigenvalue weighted by atomic mass is 35.5. The lowest BCUT2D eigenvalue weighted by atomic mass is 9.97. The van der Waals surface area contributed by atoms with Crippen LogP contribution in [0.5, 0.6) is 0 Å². The summed E-state index contributed by atoms with van der Waals surface area (Å²) in [6, 6.07) is 0. The maximum Gasteiger partial charge on any atom is 0.157 e. The maximum absolute atomic E-state index is 5.86. The molecule has 0 saturated carbocycles. The summed E-state index contributed by atoms with van der Waals surface area (Å²) in [6.07, 6.45) is 1.34. The first-order chi connectivity index (χ1) is 6.40. The summed E-state index contributed by atoms with van der Waals surface area (Å²) in [4.78, 5) is 7.70. The lowest BCUT2D eigenvalue weighted by Crippen LogP contribution is -2.19. The topological polar surface area (TPSA) is 37.8 Å². The molecule has 1 aromatic rings. The Labute approximate surface area is 93.9 Å². The fourth-order valence-electron chi connectivity index (χ4n) is 0.844. The molecule has 0 spiro atoms. The van der Waals surface area contributed by atoms with E-state index in [4.69, 9.17) is 23.2 Å². The van der Waals surface area contributed by atoms with Crippen LogP contribution in [0, 0.1) is 5.41 Å². The minimum Gasteiger partial charge on any atom is -0.380 e. The molecule has 0 radical (unpaired) electrons. The van der Waals surface area contributed by atoms with Gasteiger partial charge in [0.1, 0.15) is 12.0 Å². The van der Waals surface area contributed by atoms with E-state index in [2.05, 4.69) is 36.1 Å². The summed E-state index contributed by atoms with van der Waals surface area (Å²) in [5.41, 5.74) is 0.758. The summed E-state index contributed by atoms with van der Waals surface area (Å²) in [7, 11) is 0. The fourth-order valence-corrected chi connectivity index (χ4v) is 1.29. The maximum atomic E-state index is 5.86. The molecule has 1 aromatic heterocycles. The second-order valence-electron chi connectivity index (χ2n) is 4.24. The third-order valence-electron chi connectivity index (χ3n) is 1.55. The molecule has 3 nitrogen and oxygen atoms in total. The van der Waals surface area contributed by atoms with Gasteiger partial charge in [-0.1, -0.05) is 44.0 Å². The normalized spacial score (nSPS) is 11.5. The van der Waals surface area contributed by atoms with E-state index < -0.39 is 0 Å². The number of nitrogens with zero attached hydrogens (tertiary/aromatic N) is 2. The van der Waals surface area contributed by atoms with E-state index in [1.807, 2.05) is 0 Å². The Bertz CT molecular complexity index is 300. The third kappa shape index (κ3) is 3.31. The van der Waals surface area contributed by atoms with Gasteiger partial charge in [-0.15, -0.1) is 0 Å². The molecule has 0 amide bonds. The van der Waals surface area contributed by atoms with Crippen molar-refractivity contribution >= 4 is 28.9 Å². The summed E-state index contributed by atoms with van der Waals surface area (Å²) in [5, 5.41) is 3.84. The van der Waals surface area contributed by atoms with Gasteiger partial charge in [0, 0.05) is 6.54 Å². The van der Waals surface area contributed by atoms with E-state index in [0.29, 0.717) is 16.0 Å². The smallest absolute Gasteiger partial charge is 0.157 e. The van der Waals surface area contributed by atoms with E-state index in [1.54, 1.807) is 0 Å². The number of halogens is 2. The first kappa shape index (κ1) is 11.5. The van der Waals surface area contributed by atoms with Crippen LogP contribution in [-0.4, -0.2) is 16.5 Å². The summed E-state index contributed by atoms with van der Waals surface area (Å²) >= 11 is 11.7. The van der Waals surface area contributed by atoms with E-state index in [0.717, 1.165) is 6.54 Å². The van der Waals surface area contributed by atoms with E-state index >= 15 is 0 Å².